The second-order valence-electron chi connectivity index (χ2n) is 3.95. The van der Waals surface area contributed by atoms with Crippen LogP contribution in [0.3, 0.4) is 0 Å². The monoisotopic (exact) mass is 257 g/mol. The van der Waals surface area contributed by atoms with Gasteiger partial charge in [-0.25, -0.2) is 5.43 Å². The van der Waals surface area contributed by atoms with Gasteiger partial charge in [0.2, 0.25) is 0 Å². The molecule has 2 aromatic rings. The van der Waals surface area contributed by atoms with E-state index in [2.05, 4.69) is 15.5 Å². The number of aromatic amines is 1. The van der Waals surface area contributed by atoms with Crippen LogP contribution in [0.2, 0.25) is 0 Å². The van der Waals surface area contributed by atoms with Gasteiger partial charge in [-0.15, -0.1) is 0 Å². The molecule has 0 fully saturated rings. The fourth-order valence-corrected chi connectivity index (χ4v) is 1.56. The van der Waals surface area contributed by atoms with E-state index in [1.54, 1.807) is 37.6 Å². The fraction of sp³-hybridized carbons (Fsp3) is 0.143. The smallest absolute Gasteiger partial charge is 0.271 e. The van der Waals surface area contributed by atoms with Crippen molar-refractivity contribution >= 4 is 11.6 Å². The lowest BCUT2D eigenvalue weighted by atomic mass is 10.2. The first kappa shape index (κ1) is 12.9. The Labute approximate surface area is 111 Å². The number of nitrogens with one attached hydrogen (secondary N) is 2. The molecule has 19 heavy (non-hydrogen) atoms. The van der Waals surface area contributed by atoms with Crippen LogP contribution in [0.4, 0.5) is 0 Å². The third-order valence-corrected chi connectivity index (χ3v) is 2.67. The topological polar surface area (TPSA) is 66.5 Å². The average molecular weight is 257 g/mol. The standard InChI is InChI=1S/C14H15N3O2/c1-10(13-4-3-9-15-13)16-17-14(18)11-5-7-12(19-2)8-6-11/h3-9,15H,1-2H3,(H,17,18)/b16-10+. The molecule has 0 aliphatic carbocycles. The van der Waals surface area contributed by atoms with Crippen LogP contribution in [0.5, 0.6) is 5.75 Å². The minimum Gasteiger partial charge on any atom is -0.497 e. The van der Waals surface area contributed by atoms with Crippen LogP contribution in [0.25, 0.3) is 0 Å². The molecule has 0 aliphatic heterocycles. The normalized spacial score (nSPS) is 11.2. The zero-order chi connectivity index (χ0) is 13.7. The van der Waals surface area contributed by atoms with E-state index in [-0.39, 0.29) is 5.91 Å². The quantitative estimate of drug-likeness (QED) is 0.651. The van der Waals surface area contributed by atoms with Gasteiger partial charge >= 0.3 is 0 Å². The summed E-state index contributed by atoms with van der Waals surface area (Å²) in [6.45, 7) is 1.82. The Morgan fingerprint density at radius 3 is 2.58 bits per heavy atom. The zero-order valence-electron chi connectivity index (χ0n) is 10.8. The van der Waals surface area contributed by atoms with Crippen molar-refractivity contribution in [3.8, 4) is 5.75 Å². The third-order valence-electron chi connectivity index (χ3n) is 2.67. The molecule has 0 saturated carbocycles. The van der Waals surface area contributed by atoms with Gasteiger partial charge in [0.05, 0.1) is 18.5 Å². The summed E-state index contributed by atoms with van der Waals surface area (Å²) < 4.78 is 5.03. The Hall–Kier alpha value is -2.56. The molecule has 2 rings (SSSR count). The third kappa shape index (κ3) is 3.22. The Morgan fingerprint density at radius 1 is 1.26 bits per heavy atom. The van der Waals surface area contributed by atoms with Crippen LogP contribution in [-0.4, -0.2) is 23.7 Å². The number of methoxy groups -OCH3 is 1. The van der Waals surface area contributed by atoms with Gasteiger partial charge < -0.3 is 9.72 Å². The summed E-state index contributed by atoms with van der Waals surface area (Å²) in [6.07, 6.45) is 1.81. The molecule has 5 heteroatoms. The number of amides is 1. The number of nitrogens with zero attached hydrogens (tertiary/aromatic N) is 1. The van der Waals surface area contributed by atoms with Gasteiger partial charge in [0.1, 0.15) is 5.75 Å². The lowest BCUT2D eigenvalue weighted by Gasteiger charge is -2.03. The highest BCUT2D eigenvalue weighted by Gasteiger charge is 2.05. The number of hydrazone groups is 1. The molecule has 1 aromatic heterocycles. The number of H-pyrrole nitrogens is 1. The lowest BCUT2D eigenvalue weighted by Crippen LogP contribution is -2.19. The highest BCUT2D eigenvalue weighted by molar-refractivity contribution is 5.99. The van der Waals surface area contributed by atoms with Crippen LogP contribution in [-0.2, 0) is 0 Å². The Bertz CT molecular complexity index is 571. The first-order valence-corrected chi connectivity index (χ1v) is 5.83. The van der Waals surface area contributed by atoms with E-state index >= 15 is 0 Å². The molecule has 0 spiro atoms. The predicted octanol–water partition coefficient (Wildman–Crippen LogP) is 2.18. The van der Waals surface area contributed by atoms with Crippen molar-refractivity contribution in [2.75, 3.05) is 7.11 Å². The number of carbonyl (C=O) groups is 1. The van der Waals surface area contributed by atoms with Crippen molar-refractivity contribution in [1.29, 1.82) is 0 Å². The highest BCUT2D eigenvalue weighted by atomic mass is 16.5. The number of hydrogen-bond acceptors (Lipinski definition) is 3. The van der Waals surface area contributed by atoms with Crippen molar-refractivity contribution in [3.05, 3.63) is 53.9 Å². The number of ether oxygens (including phenoxy) is 1. The summed E-state index contributed by atoms with van der Waals surface area (Å²) in [5.41, 5.74) is 4.63. The first-order valence-electron chi connectivity index (χ1n) is 5.83. The number of benzene rings is 1. The summed E-state index contributed by atoms with van der Waals surface area (Å²) in [5.74, 6) is 0.455. The van der Waals surface area contributed by atoms with E-state index in [0.29, 0.717) is 17.0 Å². The van der Waals surface area contributed by atoms with Gasteiger partial charge in [-0.1, -0.05) is 0 Å². The summed E-state index contributed by atoms with van der Waals surface area (Å²) >= 11 is 0. The highest BCUT2D eigenvalue weighted by Crippen LogP contribution is 2.11. The fourth-order valence-electron chi connectivity index (χ4n) is 1.56. The van der Waals surface area contributed by atoms with Crippen molar-refractivity contribution in [2.24, 2.45) is 5.10 Å². The van der Waals surface area contributed by atoms with E-state index in [1.165, 1.54) is 0 Å². The van der Waals surface area contributed by atoms with E-state index in [4.69, 9.17) is 4.74 Å². The second-order valence-corrected chi connectivity index (χ2v) is 3.95. The molecule has 5 nitrogen and oxygen atoms in total. The van der Waals surface area contributed by atoms with Crippen molar-refractivity contribution in [1.82, 2.24) is 10.4 Å². The minimum atomic E-state index is -0.256. The molecule has 0 bridgehead atoms. The van der Waals surface area contributed by atoms with Gasteiger partial charge in [0.25, 0.3) is 5.91 Å². The average Bonchev–Trinajstić information content (AvgIpc) is 2.98. The molecule has 0 saturated heterocycles. The maximum Gasteiger partial charge on any atom is 0.271 e. The van der Waals surface area contributed by atoms with Crippen LogP contribution >= 0.6 is 0 Å². The number of aromatic nitrogens is 1. The molecule has 0 atom stereocenters. The van der Waals surface area contributed by atoms with E-state index in [0.717, 1.165) is 5.69 Å². The van der Waals surface area contributed by atoms with E-state index in [9.17, 15) is 4.79 Å². The molecule has 0 unspecified atom stereocenters. The molecular weight excluding hydrogens is 242 g/mol. The van der Waals surface area contributed by atoms with Crippen LogP contribution in [0.15, 0.2) is 47.7 Å². The number of rotatable bonds is 4. The lowest BCUT2D eigenvalue weighted by molar-refractivity contribution is 0.0955. The van der Waals surface area contributed by atoms with Crippen molar-refractivity contribution in [2.45, 2.75) is 6.92 Å². The Kier molecular flexibility index (Phi) is 3.97. The van der Waals surface area contributed by atoms with Crippen LogP contribution < -0.4 is 10.2 Å². The summed E-state index contributed by atoms with van der Waals surface area (Å²) in [5, 5.41) is 4.04. The summed E-state index contributed by atoms with van der Waals surface area (Å²) in [6, 6.07) is 10.6. The first-order chi connectivity index (χ1) is 9.20. The molecule has 98 valence electrons. The molecule has 0 radical (unpaired) electrons. The SMILES string of the molecule is COc1ccc(C(=O)N/N=C(\C)c2ccc[nH]2)cc1. The Balaban J connectivity index is 2.02. The van der Waals surface area contributed by atoms with Gasteiger partial charge in [-0.2, -0.15) is 5.10 Å². The predicted molar refractivity (Wildman–Crippen MR) is 73.5 cm³/mol. The number of carbonyl (C=O) groups excluding carboxylic acids is 1. The molecule has 1 amide bonds. The van der Waals surface area contributed by atoms with Crippen molar-refractivity contribution < 1.29 is 9.53 Å². The summed E-state index contributed by atoms with van der Waals surface area (Å²) in [7, 11) is 1.58. The van der Waals surface area contributed by atoms with Gasteiger partial charge in [-0.05, 0) is 43.3 Å². The zero-order valence-corrected chi connectivity index (χ0v) is 10.8. The Morgan fingerprint density at radius 2 is 2.00 bits per heavy atom. The number of hydrogen-bond donors (Lipinski definition) is 2. The van der Waals surface area contributed by atoms with Crippen molar-refractivity contribution in [3.63, 3.8) is 0 Å². The van der Waals surface area contributed by atoms with Crippen LogP contribution in [0, 0.1) is 0 Å². The molecule has 1 heterocycles. The molecular formula is C14H15N3O2. The van der Waals surface area contributed by atoms with Crippen LogP contribution in [0.1, 0.15) is 23.0 Å². The second kappa shape index (κ2) is 5.86. The molecule has 2 N–H and O–H groups in total. The largest absolute Gasteiger partial charge is 0.497 e. The minimum absolute atomic E-state index is 0.256. The molecule has 0 aliphatic rings. The van der Waals surface area contributed by atoms with E-state index in [1.807, 2.05) is 19.1 Å². The maximum atomic E-state index is 11.8. The maximum absolute atomic E-state index is 11.8. The van der Waals surface area contributed by atoms with E-state index < -0.39 is 0 Å². The molecule has 1 aromatic carbocycles. The summed E-state index contributed by atoms with van der Waals surface area (Å²) in [4.78, 5) is 14.9. The van der Waals surface area contributed by atoms with Gasteiger partial charge in [-0.3, -0.25) is 4.79 Å². The van der Waals surface area contributed by atoms with Gasteiger partial charge in [0.15, 0.2) is 0 Å². The van der Waals surface area contributed by atoms with Gasteiger partial charge in [0, 0.05) is 11.8 Å².